The number of hydrogen-bond donors (Lipinski definition) is 2. The highest BCUT2D eigenvalue weighted by Crippen LogP contribution is 2.10. The van der Waals surface area contributed by atoms with Crippen molar-refractivity contribution in [3.8, 4) is 0 Å². The SMILES string of the molecule is CC(C)=C(NS(=O)(=O)c1ccccc1)C(=O)O. The van der Waals surface area contributed by atoms with Crippen LogP contribution in [0, 0.1) is 0 Å². The van der Waals surface area contributed by atoms with Gasteiger partial charge in [0.25, 0.3) is 10.0 Å². The molecule has 0 saturated carbocycles. The van der Waals surface area contributed by atoms with Crippen LogP contribution in [0.15, 0.2) is 46.5 Å². The van der Waals surface area contributed by atoms with E-state index in [1.165, 1.54) is 26.0 Å². The normalized spacial score (nSPS) is 10.7. The van der Waals surface area contributed by atoms with Crippen LogP contribution in [0.25, 0.3) is 0 Å². The van der Waals surface area contributed by atoms with Gasteiger partial charge in [-0.15, -0.1) is 0 Å². The highest BCUT2D eigenvalue weighted by Gasteiger charge is 2.19. The number of carboxylic acid groups (broad SMARTS) is 1. The Kier molecular flexibility index (Phi) is 3.90. The van der Waals surface area contributed by atoms with Gasteiger partial charge in [-0.2, -0.15) is 0 Å². The second-order valence-electron chi connectivity index (χ2n) is 3.60. The van der Waals surface area contributed by atoms with Crippen LogP contribution < -0.4 is 4.72 Å². The number of carbonyl (C=O) groups is 1. The lowest BCUT2D eigenvalue weighted by molar-refractivity contribution is -0.132. The van der Waals surface area contributed by atoms with Crippen LogP contribution >= 0.6 is 0 Å². The van der Waals surface area contributed by atoms with Crippen molar-refractivity contribution < 1.29 is 18.3 Å². The third kappa shape index (κ3) is 3.32. The molecular formula is C11H13NO4S. The molecule has 0 fully saturated rings. The maximum atomic E-state index is 11.8. The Bertz CT molecular complexity index is 542. The summed E-state index contributed by atoms with van der Waals surface area (Å²) < 4.78 is 25.7. The molecule has 0 aliphatic carbocycles. The lowest BCUT2D eigenvalue weighted by Crippen LogP contribution is -2.28. The number of nitrogens with one attached hydrogen (secondary N) is 1. The molecule has 0 radical (unpaired) electrons. The zero-order valence-corrected chi connectivity index (χ0v) is 10.3. The van der Waals surface area contributed by atoms with Gasteiger partial charge >= 0.3 is 5.97 Å². The maximum absolute atomic E-state index is 11.8. The molecule has 0 spiro atoms. The van der Waals surface area contributed by atoms with Crippen LogP contribution in [0.5, 0.6) is 0 Å². The van der Waals surface area contributed by atoms with E-state index in [1.807, 2.05) is 0 Å². The fourth-order valence-electron chi connectivity index (χ4n) is 1.15. The smallest absolute Gasteiger partial charge is 0.352 e. The third-order valence-electron chi connectivity index (χ3n) is 2.00. The van der Waals surface area contributed by atoms with E-state index in [4.69, 9.17) is 5.11 Å². The van der Waals surface area contributed by atoms with Crippen LogP contribution in [-0.2, 0) is 14.8 Å². The summed E-state index contributed by atoms with van der Waals surface area (Å²) in [6, 6.07) is 7.60. The first-order chi connectivity index (χ1) is 7.84. The van der Waals surface area contributed by atoms with Crippen molar-refractivity contribution in [2.45, 2.75) is 18.7 Å². The van der Waals surface area contributed by atoms with Crippen molar-refractivity contribution in [1.29, 1.82) is 0 Å². The topological polar surface area (TPSA) is 83.5 Å². The Labute approximate surface area is 99.8 Å². The second kappa shape index (κ2) is 5.01. The lowest BCUT2D eigenvalue weighted by Gasteiger charge is -2.09. The summed E-state index contributed by atoms with van der Waals surface area (Å²) in [4.78, 5) is 10.9. The van der Waals surface area contributed by atoms with Gasteiger partial charge in [-0.25, -0.2) is 13.2 Å². The lowest BCUT2D eigenvalue weighted by atomic mass is 10.3. The van der Waals surface area contributed by atoms with Crippen molar-refractivity contribution in [3.63, 3.8) is 0 Å². The van der Waals surface area contributed by atoms with Crippen LogP contribution in [0.1, 0.15) is 13.8 Å². The van der Waals surface area contributed by atoms with Gasteiger partial charge in [-0.3, -0.25) is 4.72 Å². The van der Waals surface area contributed by atoms with Gasteiger partial charge in [-0.05, 0) is 31.6 Å². The first-order valence-corrected chi connectivity index (χ1v) is 6.31. The molecule has 0 aliphatic heterocycles. The molecule has 92 valence electrons. The number of hydrogen-bond acceptors (Lipinski definition) is 3. The molecule has 0 aliphatic rings. The number of rotatable bonds is 4. The molecule has 17 heavy (non-hydrogen) atoms. The van der Waals surface area contributed by atoms with E-state index in [9.17, 15) is 13.2 Å². The Morgan fingerprint density at radius 2 is 1.71 bits per heavy atom. The van der Waals surface area contributed by atoms with Crippen molar-refractivity contribution >= 4 is 16.0 Å². The molecule has 0 unspecified atom stereocenters. The first-order valence-electron chi connectivity index (χ1n) is 4.83. The highest BCUT2D eigenvalue weighted by atomic mass is 32.2. The maximum Gasteiger partial charge on any atom is 0.352 e. The van der Waals surface area contributed by atoms with Gasteiger partial charge < -0.3 is 5.11 Å². The molecule has 5 nitrogen and oxygen atoms in total. The molecule has 0 amide bonds. The Morgan fingerprint density at radius 3 is 2.12 bits per heavy atom. The monoisotopic (exact) mass is 255 g/mol. The molecule has 1 aromatic rings. The van der Waals surface area contributed by atoms with Gasteiger partial charge in [-0.1, -0.05) is 18.2 Å². The van der Waals surface area contributed by atoms with E-state index in [0.717, 1.165) is 0 Å². The van der Waals surface area contributed by atoms with Gasteiger partial charge in [0.05, 0.1) is 4.90 Å². The van der Waals surface area contributed by atoms with E-state index >= 15 is 0 Å². The molecule has 0 bridgehead atoms. The molecule has 0 aromatic heterocycles. The predicted octanol–water partition coefficient (Wildman–Crippen LogP) is 1.34. The Morgan fingerprint density at radius 1 is 1.18 bits per heavy atom. The molecular weight excluding hydrogens is 242 g/mol. The summed E-state index contributed by atoms with van der Waals surface area (Å²) in [5.41, 5.74) is 0.0610. The standard InChI is InChI=1S/C11H13NO4S/c1-8(2)10(11(13)14)12-17(15,16)9-6-4-3-5-7-9/h3-7,12H,1-2H3,(H,13,14). The third-order valence-corrected chi connectivity index (χ3v) is 3.37. The Hall–Kier alpha value is -1.82. The molecule has 0 saturated heterocycles. The van der Waals surface area contributed by atoms with Crippen LogP contribution in [0.3, 0.4) is 0 Å². The fraction of sp³-hybridized carbons (Fsp3) is 0.182. The highest BCUT2D eigenvalue weighted by molar-refractivity contribution is 7.89. The molecule has 6 heteroatoms. The number of benzene rings is 1. The van der Waals surface area contributed by atoms with E-state index in [1.54, 1.807) is 18.2 Å². The zero-order chi connectivity index (χ0) is 13.1. The fourth-order valence-corrected chi connectivity index (χ4v) is 2.35. The number of allylic oxidation sites excluding steroid dienone is 1. The van der Waals surface area contributed by atoms with Crippen LogP contribution in [0.4, 0.5) is 0 Å². The van der Waals surface area contributed by atoms with Gasteiger partial charge in [0.15, 0.2) is 0 Å². The zero-order valence-electron chi connectivity index (χ0n) is 9.47. The van der Waals surface area contributed by atoms with E-state index in [2.05, 4.69) is 4.72 Å². The number of carboxylic acids is 1. The molecule has 1 rings (SSSR count). The van der Waals surface area contributed by atoms with Crippen molar-refractivity contribution in [2.75, 3.05) is 0 Å². The van der Waals surface area contributed by atoms with Crippen molar-refractivity contribution in [1.82, 2.24) is 4.72 Å². The summed E-state index contributed by atoms with van der Waals surface area (Å²) >= 11 is 0. The molecule has 0 atom stereocenters. The van der Waals surface area contributed by atoms with Crippen LogP contribution in [-0.4, -0.2) is 19.5 Å². The summed E-state index contributed by atoms with van der Waals surface area (Å²) in [5, 5.41) is 8.87. The van der Waals surface area contributed by atoms with Gasteiger partial charge in [0.1, 0.15) is 5.70 Å². The van der Waals surface area contributed by atoms with Crippen molar-refractivity contribution in [2.24, 2.45) is 0 Å². The second-order valence-corrected chi connectivity index (χ2v) is 5.28. The van der Waals surface area contributed by atoms with Crippen LogP contribution in [0.2, 0.25) is 0 Å². The molecule has 2 N–H and O–H groups in total. The summed E-state index contributed by atoms with van der Waals surface area (Å²) in [6.45, 7) is 3.05. The molecule has 1 aromatic carbocycles. The average Bonchev–Trinajstić information content (AvgIpc) is 2.26. The van der Waals surface area contributed by atoms with E-state index < -0.39 is 16.0 Å². The van der Waals surface area contributed by atoms with Gasteiger partial charge in [0.2, 0.25) is 0 Å². The number of sulfonamides is 1. The summed E-state index contributed by atoms with van der Waals surface area (Å²) in [5.74, 6) is -1.30. The number of aliphatic carboxylic acids is 1. The summed E-state index contributed by atoms with van der Waals surface area (Å²) in [6.07, 6.45) is 0. The first kappa shape index (κ1) is 13.2. The predicted molar refractivity (Wildman–Crippen MR) is 62.8 cm³/mol. The van der Waals surface area contributed by atoms with E-state index in [-0.39, 0.29) is 10.6 Å². The van der Waals surface area contributed by atoms with Crippen molar-refractivity contribution in [3.05, 3.63) is 41.6 Å². The largest absolute Gasteiger partial charge is 0.477 e. The van der Waals surface area contributed by atoms with E-state index in [0.29, 0.717) is 5.57 Å². The Balaban J connectivity index is 3.11. The van der Waals surface area contributed by atoms with Gasteiger partial charge in [0, 0.05) is 0 Å². The minimum Gasteiger partial charge on any atom is -0.477 e. The average molecular weight is 255 g/mol. The quantitative estimate of drug-likeness (QED) is 0.795. The minimum atomic E-state index is -3.84. The summed E-state index contributed by atoms with van der Waals surface area (Å²) in [7, 11) is -3.84. The molecule has 0 heterocycles. The minimum absolute atomic E-state index is 0.0278.